The molecule has 3 fully saturated rings. The molecule has 5 heteroatoms. The second-order valence-electron chi connectivity index (χ2n) is 9.30. The molecule has 0 unspecified atom stereocenters. The predicted octanol–water partition coefficient (Wildman–Crippen LogP) is 3.19. The van der Waals surface area contributed by atoms with Gasteiger partial charge in [0.05, 0.1) is 7.11 Å². The van der Waals surface area contributed by atoms with Gasteiger partial charge in [0, 0.05) is 24.2 Å². The van der Waals surface area contributed by atoms with Crippen molar-refractivity contribution in [2.24, 2.45) is 23.2 Å². The van der Waals surface area contributed by atoms with Crippen LogP contribution in [0.5, 0.6) is 5.75 Å². The Bertz CT molecular complexity index is 905. The van der Waals surface area contributed by atoms with E-state index in [0.717, 1.165) is 42.6 Å². The topological polar surface area (TPSA) is 72.8 Å². The van der Waals surface area contributed by atoms with E-state index in [0.29, 0.717) is 6.42 Å². The number of Topliss-reactive ketones (excluding diaryl/α,β-unsaturated/α-hetero) is 1. The first-order valence-electron chi connectivity index (χ1n) is 10.6. The van der Waals surface area contributed by atoms with Crippen LogP contribution in [0, 0.1) is 23.2 Å². The molecule has 29 heavy (non-hydrogen) atoms. The van der Waals surface area contributed by atoms with E-state index in [1.165, 1.54) is 6.92 Å². The molecule has 1 aliphatic heterocycles. The number of ketones is 1. The minimum Gasteiger partial charge on any atom is -0.497 e. The Labute approximate surface area is 171 Å². The molecule has 2 saturated carbocycles. The van der Waals surface area contributed by atoms with Crippen LogP contribution in [0.15, 0.2) is 30.9 Å². The van der Waals surface area contributed by atoms with Crippen molar-refractivity contribution in [2.75, 3.05) is 7.11 Å². The summed E-state index contributed by atoms with van der Waals surface area (Å²) in [5.74, 6) is 0.166. The smallest absolute Gasteiger partial charge is 0.321 e. The van der Waals surface area contributed by atoms with E-state index in [1.54, 1.807) is 7.11 Å². The van der Waals surface area contributed by atoms with Gasteiger partial charge < -0.3 is 14.6 Å². The molecule has 0 aromatic heterocycles. The van der Waals surface area contributed by atoms with Crippen molar-refractivity contribution >= 4 is 11.8 Å². The summed E-state index contributed by atoms with van der Waals surface area (Å²) in [5, 5.41) is 10.3. The Kier molecular flexibility index (Phi) is 4.02. The van der Waals surface area contributed by atoms with Crippen LogP contribution >= 0.6 is 0 Å². The number of ether oxygens (including phenoxy) is 2. The summed E-state index contributed by atoms with van der Waals surface area (Å²) in [4.78, 5) is 27.0. The van der Waals surface area contributed by atoms with Crippen molar-refractivity contribution in [1.82, 2.24) is 0 Å². The number of aryl methyl sites for hydroxylation is 1. The molecule has 2 bridgehead atoms. The summed E-state index contributed by atoms with van der Waals surface area (Å²) < 4.78 is 11.6. The van der Waals surface area contributed by atoms with Crippen LogP contribution in [0.2, 0.25) is 0 Å². The van der Waals surface area contributed by atoms with Gasteiger partial charge in [-0.2, -0.15) is 0 Å². The van der Waals surface area contributed by atoms with Crippen molar-refractivity contribution in [2.45, 2.75) is 56.7 Å². The van der Waals surface area contributed by atoms with Crippen LogP contribution in [0.1, 0.15) is 49.7 Å². The zero-order valence-corrected chi connectivity index (χ0v) is 17.0. The highest BCUT2D eigenvalue weighted by atomic mass is 16.6. The van der Waals surface area contributed by atoms with Gasteiger partial charge in [0.1, 0.15) is 22.9 Å². The minimum atomic E-state index is -1.31. The maximum Gasteiger partial charge on any atom is 0.321 e. The number of carbonyl (C=O) groups is 2. The molecule has 7 atom stereocenters. The Morgan fingerprint density at radius 3 is 2.86 bits per heavy atom. The van der Waals surface area contributed by atoms with Crippen molar-refractivity contribution in [3.8, 4) is 5.75 Å². The number of aliphatic hydroxyl groups excluding tert-OH is 1. The Morgan fingerprint density at radius 1 is 1.38 bits per heavy atom. The summed E-state index contributed by atoms with van der Waals surface area (Å²) in [6.45, 7) is 5.46. The van der Waals surface area contributed by atoms with Crippen molar-refractivity contribution in [3.05, 3.63) is 42.0 Å². The van der Waals surface area contributed by atoms with E-state index in [-0.39, 0.29) is 23.7 Å². The molecule has 1 spiro atoms. The third-order valence-corrected chi connectivity index (χ3v) is 8.26. The molecule has 4 aliphatic rings. The second kappa shape index (κ2) is 6.18. The van der Waals surface area contributed by atoms with Crippen LogP contribution in [-0.4, -0.2) is 35.7 Å². The number of aliphatic hydroxyl groups is 1. The molecular formula is C24H28O5. The highest BCUT2D eigenvalue weighted by Gasteiger charge is 2.76. The van der Waals surface area contributed by atoms with Gasteiger partial charge in [0.2, 0.25) is 0 Å². The van der Waals surface area contributed by atoms with Gasteiger partial charge >= 0.3 is 5.97 Å². The van der Waals surface area contributed by atoms with Crippen LogP contribution in [0.4, 0.5) is 0 Å². The molecule has 1 saturated heterocycles. The lowest BCUT2D eigenvalue weighted by Crippen LogP contribution is -2.56. The van der Waals surface area contributed by atoms with Crippen LogP contribution < -0.4 is 4.74 Å². The number of fused-ring (bicyclic) bond motifs is 6. The molecular weight excluding hydrogens is 368 g/mol. The first-order valence-corrected chi connectivity index (χ1v) is 10.6. The third kappa shape index (κ3) is 2.20. The summed E-state index contributed by atoms with van der Waals surface area (Å²) in [6, 6.07) is 5.95. The molecule has 1 N–H and O–H groups in total. The van der Waals surface area contributed by atoms with Crippen molar-refractivity contribution < 1.29 is 24.2 Å². The molecule has 3 aliphatic carbocycles. The van der Waals surface area contributed by atoms with E-state index in [1.807, 2.05) is 24.3 Å². The Morgan fingerprint density at radius 2 is 2.17 bits per heavy atom. The van der Waals surface area contributed by atoms with Crippen LogP contribution in [0.3, 0.4) is 0 Å². The molecule has 1 aromatic rings. The molecule has 0 amide bonds. The number of hydrogen-bond donors (Lipinski definition) is 1. The first-order chi connectivity index (χ1) is 13.9. The highest BCUT2D eigenvalue weighted by Crippen LogP contribution is 2.70. The number of hydrogen-bond acceptors (Lipinski definition) is 5. The zero-order chi connectivity index (χ0) is 20.6. The number of methoxy groups -OCH3 is 1. The van der Waals surface area contributed by atoms with Gasteiger partial charge in [0.25, 0.3) is 0 Å². The van der Waals surface area contributed by atoms with Crippen LogP contribution in [0.25, 0.3) is 0 Å². The maximum atomic E-state index is 13.5. The Balaban J connectivity index is 1.73. The van der Waals surface area contributed by atoms with Gasteiger partial charge in [-0.3, -0.25) is 9.59 Å². The predicted molar refractivity (Wildman–Crippen MR) is 107 cm³/mol. The Hall–Kier alpha value is -2.14. The summed E-state index contributed by atoms with van der Waals surface area (Å²) >= 11 is 0. The average molecular weight is 396 g/mol. The van der Waals surface area contributed by atoms with Crippen molar-refractivity contribution in [1.29, 1.82) is 0 Å². The minimum absolute atomic E-state index is 0.0679. The standard InChI is InChI=1S/C24H28O5/c1-4-15-6-10-19-18-8-5-14-11-16(28-3)7-9-17(14)20(18)23(21(26)13(2)25)12-24(15,19)29-22(23)27/h4,7,9,11,13,15,18-20,25H,1,5-6,8,10,12H2,2-3H3/t13-,15+,18-,19-,20-,23+,24+/m0/s1. The lowest BCUT2D eigenvalue weighted by atomic mass is 9.48. The van der Waals surface area contributed by atoms with E-state index >= 15 is 0 Å². The molecule has 1 heterocycles. The van der Waals surface area contributed by atoms with Gasteiger partial charge in [-0.25, -0.2) is 0 Å². The van der Waals surface area contributed by atoms with Gasteiger partial charge in [-0.1, -0.05) is 12.1 Å². The zero-order valence-electron chi connectivity index (χ0n) is 17.0. The fourth-order valence-corrected chi connectivity index (χ4v) is 7.20. The third-order valence-electron chi connectivity index (χ3n) is 8.26. The first kappa shape index (κ1) is 18.9. The normalized spacial score (nSPS) is 40.3. The second-order valence-corrected chi connectivity index (χ2v) is 9.30. The van der Waals surface area contributed by atoms with E-state index < -0.39 is 28.9 Å². The van der Waals surface area contributed by atoms with E-state index in [9.17, 15) is 14.7 Å². The summed E-state index contributed by atoms with van der Waals surface area (Å²) in [6.07, 6.45) is 4.77. The molecule has 0 radical (unpaired) electrons. The largest absolute Gasteiger partial charge is 0.497 e. The van der Waals surface area contributed by atoms with Gasteiger partial charge in [-0.05, 0) is 61.8 Å². The lowest BCUT2D eigenvalue weighted by Gasteiger charge is -2.51. The number of esters is 1. The number of benzene rings is 1. The lowest BCUT2D eigenvalue weighted by molar-refractivity contribution is -0.159. The summed E-state index contributed by atoms with van der Waals surface area (Å²) in [7, 11) is 1.64. The average Bonchev–Trinajstić information content (AvgIpc) is 3.21. The summed E-state index contributed by atoms with van der Waals surface area (Å²) in [5.41, 5.74) is 0.221. The molecule has 5 rings (SSSR count). The van der Waals surface area contributed by atoms with Gasteiger partial charge in [-0.15, -0.1) is 6.58 Å². The van der Waals surface area contributed by atoms with Crippen molar-refractivity contribution in [3.63, 3.8) is 0 Å². The highest BCUT2D eigenvalue weighted by molar-refractivity contribution is 6.08. The van der Waals surface area contributed by atoms with Crippen LogP contribution in [-0.2, 0) is 20.7 Å². The number of carbonyl (C=O) groups excluding carboxylic acids is 2. The maximum absolute atomic E-state index is 13.5. The van der Waals surface area contributed by atoms with Gasteiger partial charge in [0.15, 0.2) is 5.78 Å². The molecule has 154 valence electrons. The van der Waals surface area contributed by atoms with E-state index in [4.69, 9.17) is 9.47 Å². The number of rotatable bonds is 4. The molecule has 5 nitrogen and oxygen atoms in total. The fraction of sp³-hybridized carbons (Fsp3) is 0.583. The monoisotopic (exact) mass is 396 g/mol. The SMILES string of the molecule is C=C[C@@H]1CC[C@H]2[C@@H]3CCc4cc(OC)ccc4[C@@H]3[C@@]3(C(=O)[C@H](C)O)C[C@@]12OC3=O. The fourth-order valence-electron chi connectivity index (χ4n) is 7.20. The molecule has 1 aromatic carbocycles. The van der Waals surface area contributed by atoms with E-state index in [2.05, 4.69) is 6.58 Å². The quantitative estimate of drug-likeness (QED) is 0.481.